The Kier molecular flexibility index (Phi) is 2.61. The summed E-state index contributed by atoms with van der Waals surface area (Å²) < 4.78 is 6.10. The van der Waals surface area contributed by atoms with E-state index in [4.69, 9.17) is 4.74 Å². The molecule has 2 aliphatic rings. The van der Waals surface area contributed by atoms with Gasteiger partial charge in [-0.15, -0.1) is 0 Å². The van der Waals surface area contributed by atoms with E-state index in [1.807, 2.05) is 26.1 Å². The Morgan fingerprint density at radius 1 is 1.32 bits per heavy atom. The Balaban J connectivity index is 2.03. The number of rotatable bonds is 1. The number of pyridine rings is 1. The van der Waals surface area contributed by atoms with Gasteiger partial charge in [0.1, 0.15) is 5.60 Å². The molecule has 0 spiro atoms. The molecule has 1 fully saturated rings. The van der Waals surface area contributed by atoms with Crippen LogP contribution in [0.15, 0.2) is 18.3 Å². The van der Waals surface area contributed by atoms with Crippen LogP contribution in [0.2, 0.25) is 0 Å². The maximum atomic E-state index is 11.3. The standard InChI is InChI=1S/C16H23NO2/c1-14(2)10-16(18,15(3,4)19-14)12-8-7-11-6-5-9-17-13(11)12/h5-6,9,12,18H,7-8,10H2,1-4H3. The Hall–Kier alpha value is -0.930. The van der Waals surface area contributed by atoms with E-state index < -0.39 is 11.2 Å². The average Bonchev–Trinajstić information content (AvgIpc) is 2.76. The predicted molar refractivity (Wildman–Crippen MR) is 74.1 cm³/mol. The number of nitrogens with zero attached hydrogens (tertiary/aromatic N) is 1. The summed E-state index contributed by atoms with van der Waals surface area (Å²) in [4.78, 5) is 4.53. The number of aromatic nitrogens is 1. The maximum absolute atomic E-state index is 11.3. The number of fused-ring (bicyclic) bond motifs is 1. The highest BCUT2D eigenvalue weighted by Gasteiger charge is 2.61. The fourth-order valence-corrected chi connectivity index (χ4v) is 4.10. The third kappa shape index (κ3) is 1.83. The molecule has 2 atom stereocenters. The number of hydrogen-bond acceptors (Lipinski definition) is 3. The quantitative estimate of drug-likeness (QED) is 0.845. The van der Waals surface area contributed by atoms with E-state index >= 15 is 0 Å². The van der Waals surface area contributed by atoms with E-state index in [1.54, 1.807) is 0 Å². The van der Waals surface area contributed by atoms with Gasteiger partial charge < -0.3 is 9.84 Å². The lowest BCUT2D eigenvalue weighted by atomic mass is 9.72. The van der Waals surface area contributed by atoms with Crippen LogP contribution in [-0.2, 0) is 11.2 Å². The van der Waals surface area contributed by atoms with E-state index in [0.717, 1.165) is 18.5 Å². The number of hydrogen-bond donors (Lipinski definition) is 1. The lowest BCUT2D eigenvalue weighted by Gasteiger charge is -2.39. The molecule has 1 saturated heterocycles. The van der Waals surface area contributed by atoms with E-state index in [1.165, 1.54) is 5.56 Å². The van der Waals surface area contributed by atoms with Crippen LogP contribution in [0.25, 0.3) is 0 Å². The summed E-state index contributed by atoms with van der Waals surface area (Å²) >= 11 is 0. The molecule has 0 radical (unpaired) electrons. The SMILES string of the molecule is CC1(C)CC(O)(C2CCc3cccnc32)C(C)(C)O1. The van der Waals surface area contributed by atoms with Gasteiger partial charge in [-0.2, -0.15) is 0 Å². The van der Waals surface area contributed by atoms with Gasteiger partial charge in [-0.1, -0.05) is 6.07 Å². The first-order valence-electron chi connectivity index (χ1n) is 7.12. The minimum Gasteiger partial charge on any atom is -0.386 e. The summed E-state index contributed by atoms with van der Waals surface area (Å²) in [6.45, 7) is 8.12. The van der Waals surface area contributed by atoms with Crippen LogP contribution < -0.4 is 0 Å². The van der Waals surface area contributed by atoms with Crippen molar-refractivity contribution in [2.45, 2.75) is 69.7 Å². The Morgan fingerprint density at radius 3 is 2.68 bits per heavy atom. The molecule has 0 amide bonds. The molecule has 1 N–H and O–H groups in total. The fourth-order valence-electron chi connectivity index (χ4n) is 4.10. The first kappa shape index (κ1) is 13.1. The molecule has 0 bridgehead atoms. The van der Waals surface area contributed by atoms with Crippen molar-refractivity contribution in [1.29, 1.82) is 0 Å². The van der Waals surface area contributed by atoms with E-state index in [2.05, 4.69) is 24.9 Å². The first-order valence-corrected chi connectivity index (χ1v) is 7.12. The summed E-state index contributed by atoms with van der Waals surface area (Å²) in [5, 5.41) is 11.3. The van der Waals surface area contributed by atoms with Gasteiger partial charge in [0.05, 0.1) is 11.2 Å². The van der Waals surface area contributed by atoms with Crippen LogP contribution >= 0.6 is 0 Å². The van der Waals surface area contributed by atoms with Gasteiger partial charge in [0.15, 0.2) is 0 Å². The van der Waals surface area contributed by atoms with Crippen molar-refractivity contribution in [3.05, 3.63) is 29.6 Å². The van der Waals surface area contributed by atoms with Crippen molar-refractivity contribution in [1.82, 2.24) is 4.98 Å². The molecule has 2 unspecified atom stereocenters. The molecule has 1 aliphatic carbocycles. The zero-order chi connectivity index (χ0) is 13.9. The van der Waals surface area contributed by atoms with Crippen LogP contribution in [0, 0.1) is 0 Å². The summed E-state index contributed by atoms with van der Waals surface area (Å²) in [6, 6.07) is 4.10. The van der Waals surface area contributed by atoms with Crippen molar-refractivity contribution in [2.75, 3.05) is 0 Å². The second-order valence-electron chi connectivity index (χ2n) is 7.11. The molecule has 1 aromatic heterocycles. The van der Waals surface area contributed by atoms with Crippen molar-refractivity contribution >= 4 is 0 Å². The van der Waals surface area contributed by atoms with Gasteiger partial charge in [0, 0.05) is 24.2 Å². The normalized spacial score (nSPS) is 35.3. The van der Waals surface area contributed by atoms with Gasteiger partial charge in [0.25, 0.3) is 0 Å². The van der Waals surface area contributed by atoms with Crippen LogP contribution in [0.3, 0.4) is 0 Å². The van der Waals surface area contributed by atoms with E-state index in [9.17, 15) is 5.11 Å². The highest BCUT2D eigenvalue weighted by molar-refractivity contribution is 5.33. The third-order valence-electron chi connectivity index (χ3n) is 4.80. The van der Waals surface area contributed by atoms with Crippen LogP contribution in [0.4, 0.5) is 0 Å². The lowest BCUT2D eigenvalue weighted by Crippen LogP contribution is -2.50. The molecular weight excluding hydrogens is 238 g/mol. The smallest absolute Gasteiger partial charge is 0.104 e. The minimum atomic E-state index is -0.837. The summed E-state index contributed by atoms with van der Waals surface area (Å²) in [5.74, 6) is 0.0838. The molecular formula is C16H23NO2. The number of aryl methyl sites for hydroxylation is 1. The van der Waals surface area contributed by atoms with Gasteiger partial charge in [0.2, 0.25) is 0 Å². The molecule has 3 rings (SSSR count). The number of ether oxygens (including phenoxy) is 1. The molecule has 1 aliphatic heterocycles. The maximum Gasteiger partial charge on any atom is 0.104 e. The molecule has 104 valence electrons. The molecule has 2 heterocycles. The topological polar surface area (TPSA) is 42.4 Å². The second-order valence-corrected chi connectivity index (χ2v) is 7.11. The zero-order valence-electron chi connectivity index (χ0n) is 12.2. The van der Waals surface area contributed by atoms with Crippen LogP contribution in [0.1, 0.15) is 57.7 Å². The summed E-state index contributed by atoms with van der Waals surface area (Å²) in [7, 11) is 0. The predicted octanol–water partition coefficient (Wildman–Crippen LogP) is 2.82. The van der Waals surface area contributed by atoms with Crippen molar-refractivity contribution in [2.24, 2.45) is 0 Å². The summed E-state index contributed by atoms with van der Waals surface area (Å²) in [6.07, 6.45) is 4.46. The average molecular weight is 261 g/mol. The fraction of sp³-hybridized carbons (Fsp3) is 0.688. The molecule has 19 heavy (non-hydrogen) atoms. The molecule has 3 nitrogen and oxygen atoms in total. The second kappa shape index (κ2) is 3.80. The third-order valence-corrected chi connectivity index (χ3v) is 4.80. The largest absolute Gasteiger partial charge is 0.386 e. The molecule has 0 aromatic carbocycles. The lowest BCUT2D eigenvalue weighted by molar-refractivity contribution is -0.135. The zero-order valence-corrected chi connectivity index (χ0v) is 12.2. The minimum absolute atomic E-state index is 0.0838. The van der Waals surface area contributed by atoms with Gasteiger partial charge in [-0.3, -0.25) is 4.98 Å². The van der Waals surface area contributed by atoms with Crippen molar-refractivity contribution in [3.8, 4) is 0 Å². The Bertz CT molecular complexity index is 509. The van der Waals surface area contributed by atoms with E-state index in [-0.39, 0.29) is 11.5 Å². The van der Waals surface area contributed by atoms with Crippen LogP contribution in [0.5, 0.6) is 0 Å². The van der Waals surface area contributed by atoms with E-state index in [0.29, 0.717) is 6.42 Å². The number of aliphatic hydroxyl groups is 1. The highest BCUT2D eigenvalue weighted by Crippen LogP contribution is 2.54. The monoisotopic (exact) mass is 261 g/mol. The van der Waals surface area contributed by atoms with Gasteiger partial charge in [-0.05, 0) is 52.2 Å². The van der Waals surface area contributed by atoms with Gasteiger partial charge >= 0.3 is 0 Å². The molecule has 1 aromatic rings. The Labute approximate surface area is 115 Å². The van der Waals surface area contributed by atoms with Crippen LogP contribution in [-0.4, -0.2) is 26.9 Å². The Morgan fingerprint density at radius 2 is 2.05 bits per heavy atom. The molecule has 3 heteroatoms. The van der Waals surface area contributed by atoms with Crippen molar-refractivity contribution in [3.63, 3.8) is 0 Å². The van der Waals surface area contributed by atoms with Gasteiger partial charge in [-0.25, -0.2) is 0 Å². The van der Waals surface area contributed by atoms with Crippen molar-refractivity contribution < 1.29 is 9.84 Å². The highest BCUT2D eigenvalue weighted by atomic mass is 16.5. The molecule has 0 saturated carbocycles. The first-order chi connectivity index (χ1) is 8.75. The summed E-state index contributed by atoms with van der Waals surface area (Å²) in [5.41, 5.74) is 0.687.